The minimum atomic E-state index is -3.49. The third-order valence-electron chi connectivity index (χ3n) is 3.31. The molecule has 3 aromatic rings. The summed E-state index contributed by atoms with van der Waals surface area (Å²) in [7, 11) is -3.49. The van der Waals surface area contributed by atoms with Gasteiger partial charge >= 0.3 is 0 Å². The number of nitrogens with one attached hydrogen (secondary N) is 1. The van der Waals surface area contributed by atoms with Crippen LogP contribution in [0.2, 0.25) is 0 Å². The van der Waals surface area contributed by atoms with Gasteiger partial charge in [-0.2, -0.15) is 0 Å². The van der Waals surface area contributed by atoms with E-state index in [4.69, 9.17) is 4.42 Å². The molecule has 3 rings (SSSR count). The van der Waals surface area contributed by atoms with Crippen LogP contribution in [-0.2, 0) is 23.0 Å². The zero-order chi connectivity index (χ0) is 16.3. The fraction of sp³-hybridized carbons (Fsp3) is 0.188. The Bertz CT molecular complexity index is 884. The third-order valence-corrected chi connectivity index (χ3v) is 6.44. The van der Waals surface area contributed by atoms with Crippen molar-refractivity contribution < 1.29 is 12.8 Å². The first kappa shape index (κ1) is 15.9. The number of aryl methyl sites for hydroxylation is 1. The summed E-state index contributed by atoms with van der Waals surface area (Å²) in [5.74, 6) is 0.653. The summed E-state index contributed by atoms with van der Waals surface area (Å²) in [6.07, 6.45) is 4.05. The maximum atomic E-state index is 12.3. The van der Waals surface area contributed by atoms with Gasteiger partial charge in [-0.3, -0.25) is 4.98 Å². The molecule has 0 aliphatic carbocycles. The van der Waals surface area contributed by atoms with Crippen molar-refractivity contribution in [2.75, 3.05) is 0 Å². The number of hydrogen-bond acceptors (Lipinski definition) is 5. The van der Waals surface area contributed by atoms with Gasteiger partial charge in [0.05, 0.1) is 6.26 Å². The minimum Gasteiger partial charge on any atom is -0.463 e. The quantitative estimate of drug-likeness (QED) is 0.740. The van der Waals surface area contributed by atoms with Crippen LogP contribution >= 0.6 is 11.3 Å². The van der Waals surface area contributed by atoms with Crippen molar-refractivity contribution in [3.63, 3.8) is 0 Å². The first-order chi connectivity index (χ1) is 11.1. The van der Waals surface area contributed by atoms with E-state index in [0.29, 0.717) is 15.7 Å². The lowest BCUT2D eigenvalue weighted by Gasteiger charge is -2.06. The molecule has 0 atom stereocenters. The van der Waals surface area contributed by atoms with Crippen molar-refractivity contribution in [2.24, 2.45) is 0 Å². The van der Waals surface area contributed by atoms with E-state index in [1.54, 1.807) is 30.7 Å². The zero-order valence-corrected chi connectivity index (χ0v) is 14.2. The number of rotatable bonds is 6. The highest BCUT2D eigenvalue weighted by molar-refractivity contribution is 7.91. The van der Waals surface area contributed by atoms with Gasteiger partial charge in [0.1, 0.15) is 9.90 Å². The first-order valence-corrected chi connectivity index (χ1v) is 9.45. The van der Waals surface area contributed by atoms with Crippen LogP contribution in [-0.4, -0.2) is 13.4 Å². The van der Waals surface area contributed by atoms with Crippen LogP contribution in [0.4, 0.5) is 0 Å². The van der Waals surface area contributed by atoms with Crippen LogP contribution < -0.4 is 4.72 Å². The van der Waals surface area contributed by atoms with Gasteiger partial charge in [-0.1, -0.05) is 6.92 Å². The van der Waals surface area contributed by atoms with E-state index in [9.17, 15) is 8.42 Å². The molecule has 0 bridgehead atoms. The third kappa shape index (κ3) is 3.69. The Balaban J connectivity index is 1.74. The van der Waals surface area contributed by atoms with Crippen LogP contribution in [0.25, 0.3) is 11.5 Å². The smallest absolute Gasteiger partial charge is 0.250 e. The molecule has 0 saturated heterocycles. The predicted molar refractivity (Wildman–Crippen MR) is 89.7 cm³/mol. The predicted octanol–water partition coefficient (Wildman–Crippen LogP) is 3.44. The molecule has 0 unspecified atom stereocenters. The maximum Gasteiger partial charge on any atom is 0.250 e. The molecule has 0 aliphatic rings. The molecule has 0 spiro atoms. The van der Waals surface area contributed by atoms with Gasteiger partial charge in [0.2, 0.25) is 10.0 Å². The highest BCUT2D eigenvalue weighted by atomic mass is 32.2. The van der Waals surface area contributed by atoms with Crippen LogP contribution in [0, 0.1) is 0 Å². The number of pyridine rings is 1. The van der Waals surface area contributed by atoms with Crippen molar-refractivity contribution in [3.8, 4) is 11.5 Å². The Kier molecular flexibility index (Phi) is 4.61. The lowest BCUT2D eigenvalue weighted by molar-refractivity contribution is 0.579. The first-order valence-electron chi connectivity index (χ1n) is 7.15. The highest BCUT2D eigenvalue weighted by Gasteiger charge is 2.16. The van der Waals surface area contributed by atoms with Gasteiger partial charge in [-0.15, -0.1) is 11.3 Å². The summed E-state index contributed by atoms with van der Waals surface area (Å²) in [6.45, 7) is 2.21. The molecule has 0 aromatic carbocycles. The van der Waals surface area contributed by atoms with E-state index in [1.165, 1.54) is 11.3 Å². The standard InChI is InChI=1S/C16H16N2O3S2/c1-2-13-5-6-16(22-13)23(19,20)18-11-12-7-8-17-14(10-12)15-4-3-9-21-15/h3-10,18H,2,11H2,1H3. The summed E-state index contributed by atoms with van der Waals surface area (Å²) in [5, 5.41) is 0. The summed E-state index contributed by atoms with van der Waals surface area (Å²) in [4.78, 5) is 5.28. The Hall–Kier alpha value is -1.96. The van der Waals surface area contributed by atoms with Crippen LogP contribution in [0.5, 0.6) is 0 Å². The fourth-order valence-corrected chi connectivity index (χ4v) is 4.44. The fourth-order valence-electron chi connectivity index (χ4n) is 2.09. The van der Waals surface area contributed by atoms with E-state index >= 15 is 0 Å². The molecular weight excluding hydrogens is 332 g/mol. The molecule has 3 aromatic heterocycles. The number of nitrogens with zero attached hydrogens (tertiary/aromatic N) is 1. The highest BCUT2D eigenvalue weighted by Crippen LogP contribution is 2.22. The van der Waals surface area contributed by atoms with E-state index in [2.05, 4.69) is 9.71 Å². The number of aromatic nitrogens is 1. The number of hydrogen-bond donors (Lipinski definition) is 1. The summed E-state index contributed by atoms with van der Waals surface area (Å²) in [6, 6.07) is 10.7. The summed E-state index contributed by atoms with van der Waals surface area (Å²) < 4.78 is 32.9. The van der Waals surface area contributed by atoms with Gasteiger partial charge in [-0.05, 0) is 48.4 Å². The summed E-state index contributed by atoms with van der Waals surface area (Å²) in [5.41, 5.74) is 1.50. The topological polar surface area (TPSA) is 72.2 Å². The van der Waals surface area contributed by atoms with Crippen LogP contribution in [0.3, 0.4) is 0 Å². The van der Waals surface area contributed by atoms with Crippen molar-refractivity contribution in [3.05, 3.63) is 59.3 Å². The van der Waals surface area contributed by atoms with Crippen molar-refractivity contribution in [1.29, 1.82) is 0 Å². The minimum absolute atomic E-state index is 0.206. The van der Waals surface area contributed by atoms with Crippen molar-refractivity contribution in [2.45, 2.75) is 24.1 Å². The largest absolute Gasteiger partial charge is 0.463 e. The molecule has 0 amide bonds. The maximum absolute atomic E-state index is 12.3. The Morgan fingerprint density at radius 2 is 2.13 bits per heavy atom. The molecule has 3 heterocycles. The molecule has 0 aliphatic heterocycles. The second-order valence-electron chi connectivity index (χ2n) is 4.93. The van der Waals surface area contributed by atoms with Crippen molar-refractivity contribution >= 4 is 21.4 Å². The molecule has 0 radical (unpaired) electrons. The van der Waals surface area contributed by atoms with E-state index in [0.717, 1.165) is 16.9 Å². The normalized spacial score (nSPS) is 11.7. The molecule has 0 fully saturated rings. The lowest BCUT2D eigenvalue weighted by atomic mass is 10.2. The van der Waals surface area contributed by atoms with Gasteiger partial charge in [0.15, 0.2) is 5.76 Å². The summed E-state index contributed by atoms with van der Waals surface area (Å²) >= 11 is 1.30. The lowest BCUT2D eigenvalue weighted by Crippen LogP contribution is -2.22. The van der Waals surface area contributed by atoms with E-state index in [1.807, 2.05) is 25.1 Å². The molecule has 0 saturated carbocycles. The molecule has 120 valence electrons. The van der Waals surface area contributed by atoms with Crippen LogP contribution in [0.15, 0.2) is 57.5 Å². The van der Waals surface area contributed by atoms with Crippen LogP contribution in [0.1, 0.15) is 17.4 Å². The average molecular weight is 348 g/mol. The number of thiophene rings is 1. The SMILES string of the molecule is CCc1ccc(S(=O)(=O)NCc2ccnc(-c3ccco3)c2)s1. The van der Waals surface area contributed by atoms with Crippen molar-refractivity contribution in [1.82, 2.24) is 9.71 Å². The van der Waals surface area contributed by atoms with Gasteiger partial charge in [0, 0.05) is 17.6 Å². The Morgan fingerprint density at radius 1 is 1.26 bits per heavy atom. The molecular formula is C16H16N2O3S2. The monoisotopic (exact) mass is 348 g/mol. The molecule has 7 heteroatoms. The number of sulfonamides is 1. The van der Waals surface area contributed by atoms with E-state index < -0.39 is 10.0 Å². The van der Waals surface area contributed by atoms with Gasteiger partial charge in [-0.25, -0.2) is 13.1 Å². The van der Waals surface area contributed by atoms with Gasteiger partial charge < -0.3 is 4.42 Å². The average Bonchev–Trinajstić information content (AvgIpc) is 3.24. The zero-order valence-electron chi connectivity index (χ0n) is 12.5. The Labute approximate surface area is 139 Å². The second kappa shape index (κ2) is 6.66. The molecule has 23 heavy (non-hydrogen) atoms. The molecule has 5 nitrogen and oxygen atoms in total. The van der Waals surface area contributed by atoms with Gasteiger partial charge in [0.25, 0.3) is 0 Å². The number of furan rings is 1. The molecule has 1 N–H and O–H groups in total. The Morgan fingerprint density at radius 3 is 2.83 bits per heavy atom. The second-order valence-corrected chi connectivity index (χ2v) is 8.09. The van der Waals surface area contributed by atoms with E-state index in [-0.39, 0.29) is 6.54 Å².